The zero-order valence-electron chi connectivity index (χ0n) is 13.8. The Kier molecular flexibility index (Phi) is 4.33. The number of nitrogens with one attached hydrogen (secondary N) is 1. The SMILES string of the molecule is O=C(c1nnc2n1CCCC2)N1CCC(C2CCNCC2)CC1. The van der Waals surface area contributed by atoms with Crippen LogP contribution in [0.2, 0.25) is 0 Å². The normalized spacial score (nSPS) is 23.7. The van der Waals surface area contributed by atoms with Crippen LogP contribution in [0.5, 0.6) is 0 Å². The molecule has 1 amide bonds. The molecule has 4 heterocycles. The van der Waals surface area contributed by atoms with Crippen LogP contribution in [0.1, 0.15) is 55.0 Å². The topological polar surface area (TPSA) is 63.1 Å². The lowest BCUT2D eigenvalue weighted by Crippen LogP contribution is -2.42. The zero-order valence-corrected chi connectivity index (χ0v) is 13.8. The molecule has 0 spiro atoms. The fraction of sp³-hybridized carbons (Fsp3) is 0.824. The first-order valence-electron chi connectivity index (χ1n) is 9.25. The molecule has 0 bridgehead atoms. The van der Waals surface area contributed by atoms with Crippen molar-refractivity contribution in [3.63, 3.8) is 0 Å². The van der Waals surface area contributed by atoms with Crippen LogP contribution in [0.25, 0.3) is 0 Å². The van der Waals surface area contributed by atoms with Crippen molar-refractivity contribution in [2.45, 2.75) is 51.5 Å². The first-order chi connectivity index (χ1) is 11.3. The lowest BCUT2D eigenvalue weighted by atomic mass is 9.79. The maximum atomic E-state index is 12.8. The second-order valence-corrected chi connectivity index (χ2v) is 7.27. The van der Waals surface area contributed by atoms with Gasteiger partial charge in [0.05, 0.1) is 0 Å². The summed E-state index contributed by atoms with van der Waals surface area (Å²) in [6.45, 7) is 4.99. The standard InChI is InChI=1S/C17H27N5O/c23-17(16-20-19-15-3-1-2-10-22(15)16)21-11-6-14(7-12-21)13-4-8-18-9-5-13/h13-14,18H,1-12H2. The smallest absolute Gasteiger partial charge is 0.291 e. The molecular weight excluding hydrogens is 290 g/mol. The monoisotopic (exact) mass is 317 g/mol. The molecule has 23 heavy (non-hydrogen) atoms. The summed E-state index contributed by atoms with van der Waals surface area (Å²) in [6, 6.07) is 0. The molecule has 2 fully saturated rings. The van der Waals surface area contributed by atoms with Crippen LogP contribution < -0.4 is 5.32 Å². The minimum absolute atomic E-state index is 0.0920. The van der Waals surface area contributed by atoms with E-state index in [0.29, 0.717) is 5.82 Å². The van der Waals surface area contributed by atoms with E-state index in [1.165, 1.54) is 12.8 Å². The van der Waals surface area contributed by atoms with Crippen LogP contribution in [-0.2, 0) is 13.0 Å². The van der Waals surface area contributed by atoms with Crippen LogP contribution in [0.15, 0.2) is 0 Å². The molecule has 126 valence electrons. The Hall–Kier alpha value is -1.43. The lowest BCUT2D eigenvalue weighted by Gasteiger charge is -2.37. The summed E-state index contributed by atoms with van der Waals surface area (Å²) in [5, 5.41) is 11.9. The third kappa shape index (κ3) is 3.01. The molecule has 1 aromatic heterocycles. The van der Waals surface area contributed by atoms with Crippen molar-refractivity contribution in [1.29, 1.82) is 0 Å². The Morgan fingerprint density at radius 3 is 2.48 bits per heavy atom. The highest BCUT2D eigenvalue weighted by molar-refractivity contribution is 5.90. The van der Waals surface area contributed by atoms with E-state index < -0.39 is 0 Å². The Labute approximate surface area is 137 Å². The van der Waals surface area contributed by atoms with E-state index >= 15 is 0 Å². The summed E-state index contributed by atoms with van der Waals surface area (Å²) in [4.78, 5) is 14.8. The molecule has 2 saturated heterocycles. The second-order valence-electron chi connectivity index (χ2n) is 7.27. The number of fused-ring (bicyclic) bond motifs is 1. The van der Waals surface area contributed by atoms with Gasteiger partial charge in [-0.15, -0.1) is 10.2 Å². The van der Waals surface area contributed by atoms with Crippen LogP contribution in [0, 0.1) is 11.8 Å². The first kappa shape index (κ1) is 15.1. The van der Waals surface area contributed by atoms with Gasteiger partial charge in [0.15, 0.2) is 0 Å². The molecule has 0 unspecified atom stereocenters. The predicted molar refractivity (Wildman–Crippen MR) is 87.2 cm³/mol. The molecule has 6 heteroatoms. The lowest BCUT2D eigenvalue weighted by molar-refractivity contribution is 0.0624. The molecule has 0 aliphatic carbocycles. The summed E-state index contributed by atoms with van der Waals surface area (Å²) >= 11 is 0. The van der Waals surface area contributed by atoms with Gasteiger partial charge >= 0.3 is 0 Å². The van der Waals surface area contributed by atoms with E-state index in [1.54, 1.807) is 0 Å². The maximum Gasteiger partial charge on any atom is 0.291 e. The molecule has 3 aliphatic rings. The number of amides is 1. The van der Waals surface area contributed by atoms with E-state index in [-0.39, 0.29) is 5.91 Å². The highest BCUT2D eigenvalue weighted by Crippen LogP contribution is 2.31. The van der Waals surface area contributed by atoms with Crippen LogP contribution in [0.4, 0.5) is 0 Å². The highest BCUT2D eigenvalue weighted by Gasteiger charge is 2.31. The van der Waals surface area contributed by atoms with Crippen molar-refractivity contribution in [1.82, 2.24) is 25.0 Å². The summed E-state index contributed by atoms with van der Waals surface area (Å²) in [5.41, 5.74) is 0. The Morgan fingerprint density at radius 2 is 1.70 bits per heavy atom. The molecule has 1 aromatic rings. The Morgan fingerprint density at radius 1 is 0.957 bits per heavy atom. The number of likely N-dealkylation sites (tertiary alicyclic amines) is 1. The molecule has 0 saturated carbocycles. The predicted octanol–water partition coefficient (Wildman–Crippen LogP) is 1.47. The molecule has 3 aliphatic heterocycles. The quantitative estimate of drug-likeness (QED) is 0.897. The largest absolute Gasteiger partial charge is 0.336 e. The summed E-state index contributed by atoms with van der Waals surface area (Å²) < 4.78 is 2.05. The fourth-order valence-corrected chi connectivity index (χ4v) is 4.50. The Bertz CT molecular complexity index is 555. The number of hydrogen-bond donors (Lipinski definition) is 1. The minimum Gasteiger partial charge on any atom is -0.336 e. The van der Waals surface area contributed by atoms with Gasteiger partial charge in [0.2, 0.25) is 5.82 Å². The number of aromatic nitrogens is 3. The zero-order chi connectivity index (χ0) is 15.6. The molecule has 0 radical (unpaired) electrons. The van der Waals surface area contributed by atoms with Gasteiger partial charge in [0.25, 0.3) is 5.91 Å². The van der Waals surface area contributed by atoms with Gasteiger partial charge < -0.3 is 14.8 Å². The van der Waals surface area contributed by atoms with E-state index in [0.717, 1.165) is 82.5 Å². The average molecular weight is 317 g/mol. The average Bonchev–Trinajstić information content (AvgIpc) is 3.06. The molecular formula is C17H27N5O. The fourth-order valence-electron chi connectivity index (χ4n) is 4.50. The third-order valence-corrected chi connectivity index (χ3v) is 5.93. The summed E-state index contributed by atoms with van der Waals surface area (Å²) in [7, 11) is 0. The minimum atomic E-state index is 0.0920. The Balaban J connectivity index is 1.38. The molecule has 1 N–H and O–H groups in total. The number of piperidine rings is 2. The second kappa shape index (κ2) is 6.59. The van der Waals surface area contributed by atoms with Crippen molar-refractivity contribution in [3.05, 3.63) is 11.6 Å². The summed E-state index contributed by atoms with van der Waals surface area (Å²) in [6.07, 6.45) is 8.15. The first-order valence-corrected chi connectivity index (χ1v) is 9.25. The van der Waals surface area contributed by atoms with Gasteiger partial charge in [0.1, 0.15) is 5.82 Å². The van der Waals surface area contributed by atoms with Crippen molar-refractivity contribution < 1.29 is 4.79 Å². The van der Waals surface area contributed by atoms with Gasteiger partial charge in [0, 0.05) is 26.1 Å². The number of nitrogens with zero attached hydrogens (tertiary/aromatic N) is 4. The molecule has 0 atom stereocenters. The van der Waals surface area contributed by atoms with Gasteiger partial charge in [-0.25, -0.2) is 0 Å². The van der Waals surface area contributed by atoms with E-state index in [2.05, 4.69) is 15.5 Å². The van der Waals surface area contributed by atoms with Crippen LogP contribution >= 0.6 is 0 Å². The van der Waals surface area contributed by atoms with Gasteiger partial charge in [-0.05, 0) is 63.5 Å². The number of rotatable bonds is 2. The van der Waals surface area contributed by atoms with E-state index in [1.807, 2.05) is 9.47 Å². The molecule has 6 nitrogen and oxygen atoms in total. The summed E-state index contributed by atoms with van der Waals surface area (Å²) in [5.74, 6) is 3.31. The molecule has 4 rings (SSSR count). The highest BCUT2D eigenvalue weighted by atomic mass is 16.2. The van der Waals surface area contributed by atoms with Gasteiger partial charge in [-0.3, -0.25) is 4.79 Å². The van der Waals surface area contributed by atoms with Crippen molar-refractivity contribution in [2.75, 3.05) is 26.2 Å². The van der Waals surface area contributed by atoms with Crippen LogP contribution in [0.3, 0.4) is 0 Å². The van der Waals surface area contributed by atoms with Gasteiger partial charge in [-0.2, -0.15) is 0 Å². The van der Waals surface area contributed by atoms with Crippen molar-refractivity contribution in [3.8, 4) is 0 Å². The van der Waals surface area contributed by atoms with Gasteiger partial charge in [-0.1, -0.05) is 0 Å². The van der Waals surface area contributed by atoms with Crippen molar-refractivity contribution >= 4 is 5.91 Å². The number of hydrogen-bond acceptors (Lipinski definition) is 4. The van der Waals surface area contributed by atoms with E-state index in [9.17, 15) is 4.79 Å². The number of carbonyl (C=O) groups is 1. The van der Waals surface area contributed by atoms with Crippen LogP contribution in [-0.4, -0.2) is 51.8 Å². The molecule has 0 aromatic carbocycles. The third-order valence-electron chi connectivity index (χ3n) is 5.93. The maximum absolute atomic E-state index is 12.8. The number of carbonyl (C=O) groups excluding carboxylic acids is 1. The number of aryl methyl sites for hydroxylation is 1. The van der Waals surface area contributed by atoms with Crippen molar-refractivity contribution in [2.24, 2.45) is 11.8 Å². The van der Waals surface area contributed by atoms with E-state index in [4.69, 9.17) is 0 Å².